The Labute approximate surface area is 345 Å². The summed E-state index contributed by atoms with van der Waals surface area (Å²) in [5.74, 6) is 4.28. The van der Waals surface area contributed by atoms with Gasteiger partial charge in [0.1, 0.15) is 51.1 Å². The number of nitrogens with zero attached hydrogens (tertiary/aromatic N) is 5. The van der Waals surface area contributed by atoms with Gasteiger partial charge in [-0.15, -0.1) is 0 Å². The van der Waals surface area contributed by atoms with Crippen molar-refractivity contribution in [3.05, 3.63) is 74.3 Å². The summed E-state index contributed by atoms with van der Waals surface area (Å²) in [6, 6.07) is 7.81. The van der Waals surface area contributed by atoms with Crippen LogP contribution in [0.15, 0.2) is 38.1 Å². The average Bonchev–Trinajstić information content (AvgIpc) is 3.88. The van der Waals surface area contributed by atoms with Gasteiger partial charge in [-0.1, -0.05) is 35.8 Å². The number of H-pyrrole nitrogens is 3. The number of ether oxygens (including phenoxy) is 2. The summed E-state index contributed by atoms with van der Waals surface area (Å²) in [5.41, 5.74) is 8.15. The van der Waals surface area contributed by atoms with Gasteiger partial charge < -0.3 is 33.5 Å². The Morgan fingerprint density at radius 2 is 1.18 bits per heavy atom. The highest BCUT2D eigenvalue weighted by Gasteiger charge is 2.22. The van der Waals surface area contributed by atoms with Crippen molar-refractivity contribution in [2.75, 3.05) is 14.2 Å². The minimum absolute atomic E-state index is 0.142. The third kappa shape index (κ3) is 8.80. The van der Waals surface area contributed by atoms with Crippen LogP contribution in [0.2, 0.25) is 5.15 Å². The highest BCUT2D eigenvalue weighted by molar-refractivity contribution is 8.24. The molecule has 0 saturated carbocycles. The third-order valence-corrected chi connectivity index (χ3v) is 9.44. The van der Waals surface area contributed by atoms with Crippen LogP contribution in [0.3, 0.4) is 0 Å². The molecule has 0 aliphatic carbocycles. The fourth-order valence-corrected chi connectivity index (χ4v) is 7.14. The van der Waals surface area contributed by atoms with Gasteiger partial charge in [0.2, 0.25) is 0 Å². The van der Waals surface area contributed by atoms with Gasteiger partial charge in [0.05, 0.1) is 47.5 Å². The Hall–Kier alpha value is -4.59. The first-order chi connectivity index (χ1) is 27.1. The topological polar surface area (TPSA) is 191 Å². The highest BCUT2D eigenvalue weighted by atomic mass is 36.0. The van der Waals surface area contributed by atoms with Gasteiger partial charge in [-0.25, -0.2) is 15.0 Å². The number of fused-ring (bicyclic) bond motifs is 6. The van der Waals surface area contributed by atoms with E-state index in [0.717, 1.165) is 115 Å². The molecule has 0 aliphatic heterocycles. The SMILES string of the molecule is CCCc1nc(Cl)c2c(n1)[nH]c1cc(-c3c(C)noc3C)c(OC)cc12.CCCc1nc2[nH]c3cc(-c4c(C)noc4C)c(OC)cc3c2c(=O)[nH]1.O=P(Cl)(Cl)Cl. The molecule has 0 unspecified atom stereocenters. The molecule has 0 aliphatic rings. The normalized spacial score (nSPS) is 11.6. The van der Waals surface area contributed by atoms with Crippen LogP contribution in [0.4, 0.5) is 0 Å². The number of aryl methyl sites for hydroxylation is 6. The quantitative estimate of drug-likeness (QED) is 0.0972. The minimum Gasteiger partial charge on any atom is -0.496 e. The molecule has 2 aromatic carbocycles. The third-order valence-electron chi connectivity index (χ3n) is 9.17. The van der Waals surface area contributed by atoms with Crippen LogP contribution in [-0.2, 0) is 17.4 Å². The van der Waals surface area contributed by atoms with Crippen LogP contribution in [0.25, 0.3) is 66.1 Å². The summed E-state index contributed by atoms with van der Waals surface area (Å²) in [5, 5.41) is 8.38. The second-order valence-electron chi connectivity index (χ2n) is 13.1. The molecule has 14 nitrogen and oxygen atoms in total. The second kappa shape index (κ2) is 17.1. The van der Waals surface area contributed by atoms with Crippen molar-refractivity contribution in [2.45, 2.75) is 67.2 Å². The van der Waals surface area contributed by atoms with E-state index in [9.17, 15) is 9.36 Å². The lowest BCUT2D eigenvalue weighted by Gasteiger charge is -2.09. The van der Waals surface area contributed by atoms with E-state index in [1.165, 1.54) is 0 Å². The standard InChI is InChI=1S/C19H19ClN4O2.C19H20N4O3.Cl3OP/c1-5-6-15-22-18(20)17-11-8-14(25-4)12(7-13(11)21-19(17)23-15)16-9(2)24-26-10(16)3;1-5-6-15-21-18-17(19(24)22-15)11-8-14(25-4)12(7-13(11)20-18)16-9(2)23-26-10(16)3;1-5(2,3)4/h7-8H,5-6H2,1-4H3,(H,21,22,23);7-8H,5-6H2,1-4H3,(H2,20,21,22,24);. The molecule has 8 rings (SSSR count). The van der Waals surface area contributed by atoms with E-state index in [-0.39, 0.29) is 5.56 Å². The van der Waals surface area contributed by atoms with E-state index in [4.69, 9.17) is 30.1 Å². The summed E-state index contributed by atoms with van der Waals surface area (Å²) in [4.78, 5) is 35.7. The first kappa shape index (κ1) is 42.0. The zero-order valence-corrected chi connectivity index (χ0v) is 36.2. The van der Waals surface area contributed by atoms with Gasteiger partial charge in [-0.3, -0.25) is 9.36 Å². The van der Waals surface area contributed by atoms with Gasteiger partial charge in [0, 0.05) is 45.8 Å². The van der Waals surface area contributed by atoms with Gasteiger partial charge in [-0.05, 0) is 98.5 Å². The number of hydrogen-bond donors (Lipinski definition) is 3. The Balaban J connectivity index is 0.000000173. The van der Waals surface area contributed by atoms with Crippen LogP contribution >= 0.6 is 50.5 Å². The summed E-state index contributed by atoms with van der Waals surface area (Å²) in [7, 11) is 3.26. The van der Waals surface area contributed by atoms with E-state index in [2.05, 4.69) is 87.8 Å². The molecule has 6 heterocycles. The fourth-order valence-electron chi connectivity index (χ4n) is 6.86. The maximum atomic E-state index is 12.6. The Morgan fingerprint density at radius 3 is 1.61 bits per heavy atom. The number of hydrogen-bond acceptors (Lipinski definition) is 11. The maximum Gasteiger partial charge on any atom is 0.339 e. The largest absolute Gasteiger partial charge is 0.496 e. The lowest BCUT2D eigenvalue weighted by molar-refractivity contribution is 0.393. The van der Waals surface area contributed by atoms with Crippen molar-refractivity contribution in [1.29, 1.82) is 0 Å². The molecule has 57 heavy (non-hydrogen) atoms. The Morgan fingerprint density at radius 1 is 0.702 bits per heavy atom. The van der Waals surface area contributed by atoms with E-state index in [0.29, 0.717) is 27.8 Å². The van der Waals surface area contributed by atoms with Crippen LogP contribution < -0.4 is 15.0 Å². The first-order valence-corrected chi connectivity index (χ1v) is 22.6. The predicted octanol–water partition coefficient (Wildman–Crippen LogP) is 11.4. The summed E-state index contributed by atoms with van der Waals surface area (Å²) in [6.07, 6.45) is 3.40. The van der Waals surface area contributed by atoms with Gasteiger partial charge in [0.15, 0.2) is 0 Å². The number of rotatable bonds is 8. The van der Waals surface area contributed by atoms with Crippen LogP contribution in [-0.4, -0.2) is 54.4 Å². The van der Waals surface area contributed by atoms with E-state index >= 15 is 0 Å². The molecule has 6 aromatic heterocycles. The van der Waals surface area contributed by atoms with Gasteiger partial charge >= 0.3 is 5.20 Å². The first-order valence-electron chi connectivity index (χ1n) is 17.8. The van der Waals surface area contributed by atoms with E-state index in [1.807, 2.05) is 52.0 Å². The molecule has 0 atom stereocenters. The average molecular weight is 877 g/mol. The molecule has 8 aromatic rings. The number of nitrogens with one attached hydrogen (secondary N) is 3. The van der Waals surface area contributed by atoms with Crippen molar-refractivity contribution >= 4 is 94.4 Å². The number of benzene rings is 2. The smallest absolute Gasteiger partial charge is 0.339 e. The molecule has 300 valence electrons. The molecular formula is C38H39Cl4N8O6P. The van der Waals surface area contributed by atoms with Crippen molar-refractivity contribution in [1.82, 2.24) is 40.2 Å². The van der Waals surface area contributed by atoms with Gasteiger partial charge in [-0.2, -0.15) is 0 Å². The number of halogens is 4. The molecule has 19 heteroatoms. The monoisotopic (exact) mass is 874 g/mol. The second-order valence-corrected chi connectivity index (χ2v) is 20.1. The fraction of sp³-hybridized carbons (Fsp3) is 0.316. The zero-order chi connectivity index (χ0) is 41.3. The molecular weight excluding hydrogens is 837 g/mol. The number of aromatic nitrogens is 8. The van der Waals surface area contributed by atoms with E-state index in [1.54, 1.807) is 14.2 Å². The maximum absolute atomic E-state index is 12.6. The molecule has 0 fully saturated rings. The Kier molecular flexibility index (Phi) is 12.6. The minimum atomic E-state index is -3.22. The van der Waals surface area contributed by atoms with Crippen LogP contribution in [0.5, 0.6) is 11.5 Å². The Bertz CT molecular complexity index is 2830. The number of aromatic amines is 3. The lowest BCUT2D eigenvalue weighted by Crippen LogP contribution is -2.11. The van der Waals surface area contributed by atoms with Crippen LogP contribution in [0.1, 0.15) is 61.2 Å². The van der Waals surface area contributed by atoms with Crippen molar-refractivity contribution in [2.24, 2.45) is 0 Å². The van der Waals surface area contributed by atoms with Crippen molar-refractivity contribution in [3.8, 4) is 33.8 Å². The van der Waals surface area contributed by atoms with Crippen LogP contribution in [0, 0.1) is 27.7 Å². The molecule has 0 radical (unpaired) electrons. The molecule has 0 bridgehead atoms. The summed E-state index contributed by atoms with van der Waals surface area (Å²) >= 11 is 20.3. The zero-order valence-electron chi connectivity index (χ0n) is 32.3. The van der Waals surface area contributed by atoms with Crippen molar-refractivity contribution in [3.63, 3.8) is 0 Å². The molecule has 0 spiro atoms. The molecule has 0 saturated heterocycles. The summed E-state index contributed by atoms with van der Waals surface area (Å²) in [6.45, 7) is 11.7. The van der Waals surface area contributed by atoms with Crippen molar-refractivity contribution < 1.29 is 23.1 Å². The summed E-state index contributed by atoms with van der Waals surface area (Å²) < 4.78 is 31.4. The molecule has 0 amide bonds. The molecule has 3 N–H and O–H groups in total. The highest BCUT2D eigenvalue weighted by Crippen LogP contribution is 2.61. The van der Waals surface area contributed by atoms with E-state index < -0.39 is 5.20 Å². The van der Waals surface area contributed by atoms with Gasteiger partial charge in [0.25, 0.3) is 5.56 Å². The predicted molar refractivity (Wildman–Crippen MR) is 227 cm³/mol. The lowest BCUT2D eigenvalue weighted by atomic mass is 10.0. The number of methoxy groups -OCH3 is 2.